The van der Waals surface area contributed by atoms with Gasteiger partial charge < -0.3 is 9.88 Å². The van der Waals surface area contributed by atoms with Crippen molar-refractivity contribution in [2.45, 2.75) is 63.5 Å². The maximum Gasteiger partial charge on any atom is 0.227 e. The molecule has 2 aromatic rings. The van der Waals surface area contributed by atoms with E-state index in [0.717, 1.165) is 18.7 Å². The zero-order valence-corrected chi connectivity index (χ0v) is 13.9. The van der Waals surface area contributed by atoms with E-state index in [1.807, 2.05) is 18.5 Å². The van der Waals surface area contributed by atoms with Gasteiger partial charge in [0.25, 0.3) is 0 Å². The van der Waals surface area contributed by atoms with Crippen LogP contribution in [0.2, 0.25) is 0 Å². The van der Waals surface area contributed by atoms with E-state index in [1.54, 1.807) is 0 Å². The molecule has 1 heterocycles. The van der Waals surface area contributed by atoms with Crippen molar-refractivity contribution in [3.05, 3.63) is 47.5 Å². The van der Waals surface area contributed by atoms with E-state index < -0.39 is 0 Å². The van der Waals surface area contributed by atoms with Crippen molar-refractivity contribution < 1.29 is 4.79 Å². The zero-order chi connectivity index (χ0) is 16.4. The van der Waals surface area contributed by atoms with Gasteiger partial charge in [-0.3, -0.25) is 4.79 Å². The van der Waals surface area contributed by atoms with Crippen LogP contribution in [0.1, 0.15) is 67.4 Å². The normalized spacial score (nSPS) is 20.8. The first-order valence-corrected chi connectivity index (χ1v) is 9.07. The molecule has 126 valence electrons. The Hall–Kier alpha value is -2.17. The van der Waals surface area contributed by atoms with Crippen molar-refractivity contribution in [3.8, 4) is 0 Å². The fourth-order valence-corrected chi connectivity index (χ4v) is 4.18. The van der Waals surface area contributed by atoms with Crippen LogP contribution in [0.15, 0.2) is 30.6 Å². The molecule has 2 aliphatic rings. The van der Waals surface area contributed by atoms with Gasteiger partial charge in [-0.25, -0.2) is 0 Å². The van der Waals surface area contributed by atoms with Crippen LogP contribution < -0.4 is 5.32 Å². The Morgan fingerprint density at radius 1 is 1.17 bits per heavy atom. The highest BCUT2D eigenvalue weighted by Crippen LogP contribution is 2.33. The average Bonchev–Trinajstić information content (AvgIpc) is 3.27. The summed E-state index contributed by atoms with van der Waals surface area (Å²) in [6.07, 6.45) is 9.96. The van der Waals surface area contributed by atoms with Crippen LogP contribution in [0.4, 0.5) is 0 Å². The second-order valence-corrected chi connectivity index (χ2v) is 6.95. The molecule has 5 nitrogen and oxygen atoms in total. The van der Waals surface area contributed by atoms with Gasteiger partial charge in [-0.05, 0) is 36.8 Å². The first-order chi connectivity index (χ1) is 11.8. The van der Waals surface area contributed by atoms with Crippen LogP contribution in [0, 0.1) is 0 Å². The van der Waals surface area contributed by atoms with E-state index in [1.165, 1.54) is 43.2 Å². The molecule has 0 spiro atoms. The number of carbonyl (C=O) groups excluding carboxylic acids is 1. The van der Waals surface area contributed by atoms with E-state index in [-0.39, 0.29) is 11.8 Å². The quantitative estimate of drug-likeness (QED) is 0.940. The molecule has 1 aromatic heterocycles. The summed E-state index contributed by atoms with van der Waals surface area (Å²) >= 11 is 0. The minimum absolute atomic E-state index is 0.0211. The lowest BCUT2D eigenvalue weighted by molar-refractivity contribution is -0.122. The van der Waals surface area contributed by atoms with Gasteiger partial charge in [0.1, 0.15) is 6.33 Å². The van der Waals surface area contributed by atoms with E-state index in [4.69, 9.17) is 0 Å². The Morgan fingerprint density at radius 2 is 2.00 bits per heavy atom. The monoisotopic (exact) mass is 324 g/mol. The Kier molecular flexibility index (Phi) is 4.32. The average molecular weight is 324 g/mol. The summed E-state index contributed by atoms with van der Waals surface area (Å²) in [4.78, 5) is 12.6. The van der Waals surface area contributed by atoms with Gasteiger partial charge in [-0.2, -0.15) is 0 Å². The Morgan fingerprint density at radius 3 is 2.88 bits per heavy atom. The molecule has 1 fully saturated rings. The lowest BCUT2D eigenvalue weighted by atomic mass is 9.95. The van der Waals surface area contributed by atoms with Crippen LogP contribution in [-0.4, -0.2) is 20.7 Å². The second-order valence-electron chi connectivity index (χ2n) is 6.95. The third kappa shape index (κ3) is 2.95. The number of hydrogen-bond donors (Lipinski definition) is 1. The summed E-state index contributed by atoms with van der Waals surface area (Å²) in [6.45, 7) is 0.466. The molecule has 0 saturated heterocycles. The van der Waals surface area contributed by atoms with Crippen LogP contribution in [-0.2, 0) is 17.8 Å². The molecule has 1 N–H and O–H groups in total. The summed E-state index contributed by atoms with van der Waals surface area (Å²) in [5, 5.41) is 11.4. The fraction of sp³-hybridized carbons (Fsp3) is 0.526. The third-order valence-corrected chi connectivity index (χ3v) is 5.49. The van der Waals surface area contributed by atoms with Gasteiger partial charge in [-0.15, -0.1) is 10.2 Å². The first-order valence-electron chi connectivity index (χ1n) is 9.07. The summed E-state index contributed by atoms with van der Waals surface area (Å²) < 4.78 is 2.17. The van der Waals surface area contributed by atoms with Gasteiger partial charge in [0.2, 0.25) is 5.91 Å². The largest absolute Gasteiger partial charge is 0.348 e. The van der Waals surface area contributed by atoms with Crippen molar-refractivity contribution in [3.63, 3.8) is 0 Å². The van der Waals surface area contributed by atoms with Crippen molar-refractivity contribution in [2.24, 2.45) is 0 Å². The van der Waals surface area contributed by atoms with E-state index >= 15 is 0 Å². The lowest BCUT2D eigenvalue weighted by Crippen LogP contribution is -2.29. The highest BCUT2D eigenvalue weighted by molar-refractivity contribution is 5.84. The molecule has 24 heavy (non-hydrogen) atoms. The number of amides is 1. The summed E-state index contributed by atoms with van der Waals surface area (Å²) in [6, 6.07) is 8.77. The van der Waals surface area contributed by atoms with Crippen LogP contribution in [0.3, 0.4) is 0 Å². The molecule has 2 aliphatic carbocycles. The van der Waals surface area contributed by atoms with Gasteiger partial charge in [-0.1, -0.05) is 43.5 Å². The SMILES string of the molecule is O=C(NCc1nncn1C1CCCCC1)[C@H]1CCc2ccccc21. The standard InChI is InChI=1S/C19H24N4O/c24-19(17-11-10-14-6-4-5-9-16(14)17)20-12-18-22-21-13-23(18)15-7-2-1-3-8-15/h4-6,9,13,15,17H,1-3,7-8,10-12H2,(H,20,24)/t17-/m0/s1. The number of benzene rings is 1. The van der Waals surface area contributed by atoms with Gasteiger partial charge in [0, 0.05) is 6.04 Å². The molecule has 0 bridgehead atoms. The number of hydrogen-bond acceptors (Lipinski definition) is 3. The fourth-order valence-electron chi connectivity index (χ4n) is 4.18. The van der Waals surface area contributed by atoms with Crippen molar-refractivity contribution in [1.82, 2.24) is 20.1 Å². The van der Waals surface area contributed by atoms with Crippen LogP contribution >= 0.6 is 0 Å². The summed E-state index contributed by atoms with van der Waals surface area (Å²) in [7, 11) is 0. The number of nitrogens with one attached hydrogen (secondary N) is 1. The van der Waals surface area contributed by atoms with Crippen molar-refractivity contribution in [1.29, 1.82) is 0 Å². The summed E-state index contributed by atoms with van der Waals surface area (Å²) in [5.74, 6) is 0.965. The molecule has 4 rings (SSSR count). The van der Waals surface area contributed by atoms with Crippen LogP contribution in [0.25, 0.3) is 0 Å². The van der Waals surface area contributed by atoms with E-state index in [9.17, 15) is 4.79 Å². The highest BCUT2D eigenvalue weighted by Gasteiger charge is 2.28. The topological polar surface area (TPSA) is 59.8 Å². The van der Waals surface area contributed by atoms with Gasteiger partial charge >= 0.3 is 0 Å². The molecule has 1 aromatic carbocycles. The van der Waals surface area contributed by atoms with Crippen molar-refractivity contribution in [2.75, 3.05) is 0 Å². The van der Waals surface area contributed by atoms with E-state index in [2.05, 4.69) is 32.2 Å². The Bertz CT molecular complexity index is 718. The zero-order valence-electron chi connectivity index (χ0n) is 13.9. The van der Waals surface area contributed by atoms with E-state index in [0.29, 0.717) is 12.6 Å². The summed E-state index contributed by atoms with van der Waals surface area (Å²) in [5.41, 5.74) is 2.49. The molecular formula is C19H24N4O. The predicted molar refractivity (Wildman–Crippen MR) is 91.5 cm³/mol. The molecular weight excluding hydrogens is 300 g/mol. The number of carbonyl (C=O) groups is 1. The molecule has 1 saturated carbocycles. The Balaban J connectivity index is 1.41. The second kappa shape index (κ2) is 6.75. The number of rotatable bonds is 4. The number of fused-ring (bicyclic) bond motifs is 1. The maximum absolute atomic E-state index is 12.6. The minimum Gasteiger partial charge on any atom is -0.348 e. The minimum atomic E-state index is -0.0211. The molecule has 5 heteroatoms. The number of aromatic nitrogens is 3. The molecule has 0 unspecified atom stereocenters. The van der Waals surface area contributed by atoms with Crippen molar-refractivity contribution >= 4 is 5.91 Å². The molecule has 0 radical (unpaired) electrons. The highest BCUT2D eigenvalue weighted by atomic mass is 16.1. The maximum atomic E-state index is 12.6. The predicted octanol–water partition coefficient (Wildman–Crippen LogP) is 3.13. The van der Waals surface area contributed by atoms with Gasteiger partial charge in [0.05, 0.1) is 12.5 Å². The number of nitrogens with zero attached hydrogens (tertiary/aromatic N) is 3. The van der Waals surface area contributed by atoms with Gasteiger partial charge in [0.15, 0.2) is 5.82 Å². The number of aryl methyl sites for hydroxylation is 1. The Labute approximate surface area is 142 Å². The first kappa shape index (κ1) is 15.4. The molecule has 1 atom stereocenters. The van der Waals surface area contributed by atoms with Crippen LogP contribution in [0.5, 0.6) is 0 Å². The smallest absolute Gasteiger partial charge is 0.227 e. The lowest BCUT2D eigenvalue weighted by Gasteiger charge is -2.24. The third-order valence-electron chi connectivity index (χ3n) is 5.49. The molecule has 0 aliphatic heterocycles. The molecule has 1 amide bonds.